The number of carbonyl (C=O) groups excluding carboxylic acids is 1. The molecule has 0 aliphatic rings. The first-order chi connectivity index (χ1) is 7.47. The number of primary amides is 1. The van der Waals surface area contributed by atoms with Crippen LogP contribution in [-0.4, -0.2) is 6.03 Å². The maximum Gasteiger partial charge on any atom is 0.316 e. The number of hydrogen-bond donors (Lipinski definition) is 2. The topological polar surface area (TPSA) is 55.1 Å². The fourth-order valence-corrected chi connectivity index (χ4v) is 2.07. The molecule has 3 N–H and O–H groups in total. The van der Waals surface area contributed by atoms with E-state index in [-0.39, 0.29) is 5.41 Å². The number of nitrogens with two attached hydrogens (primary N) is 1. The van der Waals surface area contributed by atoms with Crippen molar-refractivity contribution < 1.29 is 4.79 Å². The minimum Gasteiger partial charge on any atom is -0.351 e. The summed E-state index contributed by atoms with van der Waals surface area (Å²) in [4.78, 5) is 10.9. The third-order valence-corrected chi connectivity index (χ3v) is 2.79. The minimum absolute atomic E-state index is 0.0494. The highest BCUT2D eigenvalue weighted by Crippen LogP contribution is 2.33. The zero-order chi connectivity index (χ0) is 12.2. The summed E-state index contributed by atoms with van der Waals surface area (Å²) < 4.78 is 0. The Hall–Kier alpha value is -1.51. The second-order valence-electron chi connectivity index (χ2n) is 4.67. The van der Waals surface area contributed by atoms with Crippen LogP contribution < -0.4 is 11.1 Å². The van der Waals surface area contributed by atoms with E-state index in [1.807, 2.05) is 24.3 Å². The molecule has 0 fully saturated rings. The largest absolute Gasteiger partial charge is 0.351 e. The van der Waals surface area contributed by atoms with E-state index in [1.165, 1.54) is 0 Å². The van der Waals surface area contributed by atoms with Crippen LogP contribution in [0.2, 0.25) is 0 Å². The van der Waals surface area contributed by atoms with E-state index in [4.69, 9.17) is 5.73 Å². The van der Waals surface area contributed by atoms with Gasteiger partial charge in [-0.05, 0) is 23.5 Å². The van der Waals surface area contributed by atoms with Gasteiger partial charge >= 0.3 is 6.03 Å². The number of carbonyl (C=O) groups is 1. The molecule has 0 aliphatic carbocycles. The second-order valence-corrected chi connectivity index (χ2v) is 4.67. The Morgan fingerprint density at radius 1 is 1.38 bits per heavy atom. The van der Waals surface area contributed by atoms with Crippen molar-refractivity contribution in [1.82, 2.24) is 0 Å². The molecule has 0 atom stereocenters. The Kier molecular flexibility index (Phi) is 3.93. The number of anilines is 1. The predicted molar refractivity (Wildman–Crippen MR) is 67.6 cm³/mol. The van der Waals surface area contributed by atoms with E-state index in [9.17, 15) is 4.79 Å². The van der Waals surface area contributed by atoms with Crippen molar-refractivity contribution in [1.29, 1.82) is 0 Å². The first-order valence-electron chi connectivity index (χ1n) is 5.63. The third kappa shape index (κ3) is 2.99. The van der Waals surface area contributed by atoms with Crippen LogP contribution in [-0.2, 0) is 5.41 Å². The van der Waals surface area contributed by atoms with Crippen LogP contribution in [0.25, 0.3) is 0 Å². The van der Waals surface area contributed by atoms with Crippen molar-refractivity contribution in [2.75, 3.05) is 5.32 Å². The molecular weight excluding hydrogens is 200 g/mol. The number of rotatable bonds is 4. The molecule has 3 heteroatoms. The first-order valence-corrected chi connectivity index (χ1v) is 5.63. The van der Waals surface area contributed by atoms with Crippen molar-refractivity contribution >= 4 is 11.7 Å². The molecule has 0 unspecified atom stereocenters. The monoisotopic (exact) mass is 220 g/mol. The molecule has 0 saturated heterocycles. The smallest absolute Gasteiger partial charge is 0.316 e. The van der Waals surface area contributed by atoms with E-state index in [1.54, 1.807) is 0 Å². The zero-order valence-electron chi connectivity index (χ0n) is 10.2. The highest BCUT2D eigenvalue weighted by Gasteiger charge is 2.22. The summed E-state index contributed by atoms with van der Waals surface area (Å²) >= 11 is 0. The van der Waals surface area contributed by atoms with Gasteiger partial charge < -0.3 is 11.1 Å². The van der Waals surface area contributed by atoms with Crippen LogP contribution >= 0.6 is 0 Å². The van der Waals surface area contributed by atoms with E-state index in [2.05, 4.69) is 26.1 Å². The highest BCUT2D eigenvalue weighted by atomic mass is 16.2. The van der Waals surface area contributed by atoms with E-state index < -0.39 is 6.03 Å². The molecule has 16 heavy (non-hydrogen) atoms. The number of para-hydroxylation sites is 1. The van der Waals surface area contributed by atoms with Gasteiger partial charge in [-0.3, -0.25) is 0 Å². The van der Waals surface area contributed by atoms with E-state index in [0.29, 0.717) is 0 Å². The fourth-order valence-electron chi connectivity index (χ4n) is 2.07. The first kappa shape index (κ1) is 12.6. The van der Waals surface area contributed by atoms with Gasteiger partial charge in [-0.15, -0.1) is 0 Å². The molecular formula is C13H20N2O. The lowest BCUT2D eigenvalue weighted by Gasteiger charge is -2.27. The molecule has 1 aromatic rings. The van der Waals surface area contributed by atoms with Gasteiger partial charge in [-0.25, -0.2) is 4.79 Å². The molecule has 0 saturated carbocycles. The molecule has 0 bridgehead atoms. The Morgan fingerprint density at radius 2 is 2.00 bits per heavy atom. The summed E-state index contributed by atoms with van der Waals surface area (Å²) in [5, 5.41) is 2.68. The molecule has 0 spiro atoms. The summed E-state index contributed by atoms with van der Waals surface area (Å²) in [6, 6.07) is 7.30. The van der Waals surface area contributed by atoms with Crippen molar-refractivity contribution in [2.24, 2.45) is 5.73 Å². The maximum atomic E-state index is 10.9. The van der Waals surface area contributed by atoms with Crippen LogP contribution in [0.15, 0.2) is 24.3 Å². The Bertz CT molecular complexity index is 372. The number of benzene rings is 1. The average molecular weight is 220 g/mol. The van der Waals surface area contributed by atoms with Gasteiger partial charge in [-0.2, -0.15) is 0 Å². The van der Waals surface area contributed by atoms with Gasteiger partial charge in [0.15, 0.2) is 0 Å². The van der Waals surface area contributed by atoms with Gasteiger partial charge in [0.25, 0.3) is 0 Å². The summed E-state index contributed by atoms with van der Waals surface area (Å²) in [6.07, 6.45) is 2.18. The maximum absolute atomic E-state index is 10.9. The summed E-state index contributed by atoms with van der Waals surface area (Å²) in [5.41, 5.74) is 7.16. The second kappa shape index (κ2) is 5.01. The number of amides is 2. The molecule has 1 aromatic carbocycles. The molecule has 3 nitrogen and oxygen atoms in total. The van der Waals surface area contributed by atoms with Crippen molar-refractivity contribution in [3.05, 3.63) is 29.8 Å². The lowest BCUT2D eigenvalue weighted by Crippen LogP contribution is -2.24. The Morgan fingerprint density at radius 3 is 2.56 bits per heavy atom. The molecule has 0 radical (unpaired) electrons. The zero-order valence-corrected chi connectivity index (χ0v) is 10.2. The van der Waals surface area contributed by atoms with Gasteiger partial charge in [-0.1, -0.05) is 45.4 Å². The lowest BCUT2D eigenvalue weighted by atomic mass is 9.80. The SMILES string of the molecule is CCCC(C)(C)c1ccccc1NC(N)=O. The molecule has 1 rings (SSSR count). The van der Waals surface area contributed by atoms with Gasteiger partial charge in [0.1, 0.15) is 0 Å². The average Bonchev–Trinajstić information content (AvgIpc) is 2.17. The number of urea groups is 1. The molecule has 2 amide bonds. The van der Waals surface area contributed by atoms with Crippen LogP contribution in [0.1, 0.15) is 39.2 Å². The summed E-state index contributed by atoms with van der Waals surface area (Å²) in [5.74, 6) is 0. The molecule has 88 valence electrons. The molecule has 0 aliphatic heterocycles. The lowest BCUT2D eigenvalue weighted by molar-refractivity contribution is 0.259. The Labute approximate surface area is 97.0 Å². The number of nitrogens with one attached hydrogen (secondary N) is 1. The molecule has 0 aromatic heterocycles. The van der Waals surface area contributed by atoms with E-state index in [0.717, 1.165) is 24.1 Å². The minimum atomic E-state index is -0.514. The van der Waals surface area contributed by atoms with E-state index >= 15 is 0 Å². The van der Waals surface area contributed by atoms with Gasteiger partial charge in [0.05, 0.1) is 0 Å². The van der Waals surface area contributed by atoms with Crippen LogP contribution in [0, 0.1) is 0 Å². The summed E-state index contributed by atoms with van der Waals surface area (Å²) in [7, 11) is 0. The normalized spacial score (nSPS) is 11.2. The fraction of sp³-hybridized carbons (Fsp3) is 0.462. The third-order valence-electron chi connectivity index (χ3n) is 2.79. The van der Waals surface area contributed by atoms with Crippen LogP contribution in [0.4, 0.5) is 10.5 Å². The summed E-state index contributed by atoms with van der Waals surface area (Å²) in [6.45, 7) is 6.52. The van der Waals surface area contributed by atoms with Gasteiger partial charge in [0.2, 0.25) is 0 Å². The van der Waals surface area contributed by atoms with Crippen molar-refractivity contribution in [3.63, 3.8) is 0 Å². The quantitative estimate of drug-likeness (QED) is 0.804. The highest BCUT2D eigenvalue weighted by molar-refractivity contribution is 5.88. The Balaban J connectivity index is 3.07. The van der Waals surface area contributed by atoms with Crippen LogP contribution in [0.3, 0.4) is 0 Å². The standard InChI is InChI=1S/C13H20N2O/c1-4-9-13(2,3)10-7-5-6-8-11(10)15-12(14)16/h5-8H,4,9H2,1-3H3,(H3,14,15,16). The predicted octanol–water partition coefficient (Wildman–Crippen LogP) is 3.25. The van der Waals surface area contributed by atoms with Crippen LogP contribution in [0.5, 0.6) is 0 Å². The molecule has 0 heterocycles. The van der Waals surface area contributed by atoms with Crippen molar-refractivity contribution in [2.45, 2.75) is 39.0 Å². The van der Waals surface area contributed by atoms with Crippen molar-refractivity contribution in [3.8, 4) is 0 Å². The van der Waals surface area contributed by atoms with Gasteiger partial charge in [0, 0.05) is 5.69 Å². The number of hydrogen-bond acceptors (Lipinski definition) is 1.